The molecule has 2 aromatic heterocycles. The molecule has 0 radical (unpaired) electrons. The van der Waals surface area contributed by atoms with Crippen molar-refractivity contribution in [2.24, 2.45) is 0 Å². The van der Waals surface area contributed by atoms with Crippen LogP contribution in [0.3, 0.4) is 0 Å². The summed E-state index contributed by atoms with van der Waals surface area (Å²) in [6, 6.07) is 23.3. The minimum absolute atomic E-state index is 0.0222. The summed E-state index contributed by atoms with van der Waals surface area (Å²) in [6.45, 7) is 0.0222. The molecule has 1 saturated heterocycles. The molecule has 2 aromatic carbocycles. The second-order valence-electron chi connectivity index (χ2n) is 7.04. The topological polar surface area (TPSA) is 77.2 Å². The summed E-state index contributed by atoms with van der Waals surface area (Å²) in [7, 11) is 0. The first kappa shape index (κ1) is 19.7. The van der Waals surface area contributed by atoms with Crippen LogP contribution in [0.15, 0.2) is 83.5 Å². The number of anilines is 2. The zero-order valence-corrected chi connectivity index (χ0v) is 18.7. The Morgan fingerprint density at radius 1 is 1.10 bits per heavy atom. The fourth-order valence-electron chi connectivity index (χ4n) is 3.20. The van der Waals surface area contributed by atoms with E-state index >= 15 is 0 Å². The van der Waals surface area contributed by atoms with Crippen LogP contribution in [-0.2, 0) is 11.3 Å². The number of halogens is 1. The monoisotopic (exact) mass is 524 g/mol. The molecule has 1 fully saturated rings. The van der Waals surface area contributed by atoms with Crippen molar-refractivity contribution >= 4 is 17.5 Å². The average molecular weight is 524 g/mol. The number of para-hydroxylation sites is 1. The second kappa shape index (κ2) is 8.89. The number of esters is 1. The Hall–Kier alpha value is -3.20. The first-order valence-corrected chi connectivity index (χ1v) is 12.6. The number of carbonyl (C=O) groups excluding carboxylic acids is 1. The van der Waals surface area contributed by atoms with Gasteiger partial charge in [-0.1, -0.05) is 18.2 Å². The normalized spacial score (nSPS) is 15.0. The van der Waals surface area contributed by atoms with Gasteiger partial charge in [-0.3, -0.25) is 0 Å². The number of benzene rings is 2. The van der Waals surface area contributed by atoms with Crippen molar-refractivity contribution < 1.29 is 35.3 Å². The van der Waals surface area contributed by atoms with Gasteiger partial charge in [-0.25, -0.2) is 0 Å². The van der Waals surface area contributed by atoms with Gasteiger partial charge in [0.25, 0.3) is 0 Å². The quantitative estimate of drug-likeness (QED) is 0.227. The number of ether oxygens (including phenoxy) is 1. The molecule has 1 aliphatic rings. The Morgan fingerprint density at radius 3 is 2.68 bits per heavy atom. The van der Waals surface area contributed by atoms with Crippen molar-refractivity contribution in [3.05, 3.63) is 95.9 Å². The molecule has 1 N–H and O–H groups in total. The molecule has 1 aliphatic heterocycles. The van der Waals surface area contributed by atoms with Crippen LogP contribution in [0.2, 0.25) is 0 Å². The zero-order valence-electron chi connectivity index (χ0n) is 16.5. The number of nitrogens with zero attached hydrogens (tertiary/aromatic N) is 2. The van der Waals surface area contributed by atoms with E-state index < -0.39 is 5.97 Å². The van der Waals surface area contributed by atoms with Crippen LogP contribution in [0.1, 0.15) is 25.6 Å². The van der Waals surface area contributed by atoms with Crippen molar-refractivity contribution in [3.8, 4) is 11.3 Å². The molecule has 4 aromatic rings. The van der Waals surface area contributed by atoms with E-state index in [4.69, 9.17) is 9.26 Å². The predicted molar refractivity (Wildman–Crippen MR) is 113 cm³/mol. The molecule has 0 amide bonds. The molecule has 7 heteroatoms. The zero-order chi connectivity index (χ0) is 21.0. The number of pyridine rings is 1. The Morgan fingerprint density at radius 2 is 1.90 bits per heavy atom. The molecule has 5 rings (SSSR count). The summed E-state index contributed by atoms with van der Waals surface area (Å²) < 4.78 is 12.8. The molecule has 0 saturated carbocycles. The van der Waals surface area contributed by atoms with Gasteiger partial charge in [0.2, 0.25) is 0 Å². The van der Waals surface area contributed by atoms with E-state index in [0.717, 1.165) is 20.9 Å². The number of hydrogen-bond acceptors (Lipinski definition) is 6. The van der Waals surface area contributed by atoms with Gasteiger partial charge in [0.05, 0.1) is 0 Å². The first-order chi connectivity index (χ1) is 15.3. The Bertz CT molecular complexity index is 1190. The van der Waals surface area contributed by atoms with Gasteiger partial charge in [-0.2, -0.15) is 0 Å². The van der Waals surface area contributed by atoms with E-state index in [1.165, 1.54) is 16.2 Å². The Balaban J connectivity index is 1.20. The van der Waals surface area contributed by atoms with Crippen molar-refractivity contribution in [1.29, 1.82) is 0 Å². The third kappa shape index (κ3) is 4.77. The number of nitrogens with one attached hydrogen (secondary N) is 1. The van der Waals surface area contributed by atoms with Gasteiger partial charge in [0.1, 0.15) is 5.82 Å². The molecule has 156 valence electrons. The SMILES string of the molecule is O=C(OCc1cc(-c2ccccc2C2C[I-]2)no1)c1ccc(Nc2ccccc2)nc1. The molecule has 0 spiro atoms. The van der Waals surface area contributed by atoms with Crippen LogP contribution in [0.4, 0.5) is 11.5 Å². The van der Waals surface area contributed by atoms with Gasteiger partial charge in [0, 0.05) is 5.69 Å². The number of carbonyl (C=O) groups is 1. The molecular weight excluding hydrogens is 505 g/mol. The molecule has 0 bridgehead atoms. The standard InChI is InChI=1S/C24H19IN3O3/c29-24(16-10-11-23(26-14-16)27-17-6-2-1-3-7-17)30-15-18-12-22(28-31-18)20-9-5-4-8-19(20)21-13-25-21/h1-12,14,21H,13,15H2,(H,26,27)/q-1. The van der Waals surface area contributed by atoms with Gasteiger partial charge in [-0.05, 0) is 12.1 Å². The molecule has 31 heavy (non-hydrogen) atoms. The third-order valence-corrected chi connectivity index (χ3v) is 7.27. The van der Waals surface area contributed by atoms with E-state index in [2.05, 4.69) is 33.7 Å². The maximum atomic E-state index is 12.4. The number of rotatable bonds is 7. The van der Waals surface area contributed by atoms with Crippen molar-refractivity contribution in [2.45, 2.75) is 10.5 Å². The van der Waals surface area contributed by atoms with E-state index in [9.17, 15) is 4.79 Å². The summed E-state index contributed by atoms with van der Waals surface area (Å²) in [5, 5.41) is 7.36. The average Bonchev–Trinajstić information content (AvgIpc) is 3.56. The maximum absolute atomic E-state index is 12.4. The van der Waals surface area contributed by atoms with Gasteiger partial charge >= 0.3 is 143 Å². The number of aromatic nitrogens is 2. The van der Waals surface area contributed by atoms with Crippen molar-refractivity contribution in [2.75, 3.05) is 9.74 Å². The Kier molecular flexibility index (Phi) is 5.66. The van der Waals surface area contributed by atoms with E-state index in [0.29, 0.717) is 38.3 Å². The number of alkyl halides is 2. The summed E-state index contributed by atoms with van der Waals surface area (Å²) >= 11 is 0.296. The fourth-order valence-corrected chi connectivity index (χ4v) is 4.95. The third-order valence-electron chi connectivity index (χ3n) is 4.83. The van der Waals surface area contributed by atoms with E-state index in [1.54, 1.807) is 12.1 Å². The van der Waals surface area contributed by atoms with Crippen LogP contribution in [0.25, 0.3) is 11.3 Å². The minimum atomic E-state index is -0.458. The van der Waals surface area contributed by atoms with E-state index in [1.807, 2.05) is 42.5 Å². The number of hydrogen-bond donors (Lipinski definition) is 1. The fraction of sp³-hybridized carbons (Fsp3) is 0.125. The summed E-state index contributed by atoms with van der Waals surface area (Å²) in [5.74, 6) is 0.707. The molecule has 0 aliphatic carbocycles. The summed E-state index contributed by atoms with van der Waals surface area (Å²) in [4.78, 5) is 16.7. The molecule has 1 unspecified atom stereocenters. The van der Waals surface area contributed by atoms with Crippen LogP contribution in [-0.4, -0.2) is 20.5 Å². The van der Waals surface area contributed by atoms with Crippen LogP contribution < -0.4 is 26.5 Å². The Labute approximate surface area is 189 Å². The molecule has 6 nitrogen and oxygen atoms in total. The first-order valence-electron chi connectivity index (χ1n) is 9.84. The van der Waals surface area contributed by atoms with Crippen LogP contribution >= 0.6 is 0 Å². The van der Waals surface area contributed by atoms with Gasteiger partial charge < -0.3 is 5.32 Å². The predicted octanol–water partition coefficient (Wildman–Crippen LogP) is 1.98. The van der Waals surface area contributed by atoms with Crippen LogP contribution in [0.5, 0.6) is 0 Å². The molecular formula is C24H19IN3O3-. The molecule has 1 atom stereocenters. The van der Waals surface area contributed by atoms with Crippen LogP contribution in [0, 0.1) is 0 Å². The van der Waals surface area contributed by atoms with Gasteiger partial charge in [0.15, 0.2) is 0 Å². The van der Waals surface area contributed by atoms with Crippen molar-refractivity contribution in [1.82, 2.24) is 10.1 Å². The summed E-state index contributed by atoms with van der Waals surface area (Å²) in [6.07, 6.45) is 1.49. The summed E-state index contributed by atoms with van der Waals surface area (Å²) in [5.41, 5.74) is 4.55. The van der Waals surface area contributed by atoms with Crippen molar-refractivity contribution in [3.63, 3.8) is 0 Å². The second-order valence-corrected chi connectivity index (χ2v) is 10.3. The van der Waals surface area contributed by atoms with E-state index in [-0.39, 0.29) is 6.61 Å². The van der Waals surface area contributed by atoms with Gasteiger partial charge in [-0.15, -0.1) is 0 Å². The molecule has 3 heterocycles.